The first-order valence-corrected chi connectivity index (χ1v) is 9.09. The summed E-state index contributed by atoms with van der Waals surface area (Å²) >= 11 is 5.85. The van der Waals surface area contributed by atoms with Gasteiger partial charge >= 0.3 is 0 Å². The van der Waals surface area contributed by atoms with E-state index >= 15 is 0 Å². The molecule has 8 heteroatoms. The highest BCUT2D eigenvalue weighted by molar-refractivity contribution is 6.31. The number of rotatable bonds is 4. The Kier molecular flexibility index (Phi) is 4.57. The van der Waals surface area contributed by atoms with Crippen LogP contribution in [0.25, 0.3) is 5.52 Å². The largest absolute Gasteiger partial charge is 0.390 e. The number of nitrogens with zero attached hydrogens (tertiary/aromatic N) is 3. The van der Waals surface area contributed by atoms with Crippen molar-refractivity contribution in [2.45, 2.75) is 37.7 Å². The smallest absolute Gasteiger partial charge is 0.158 e. The van der Waals surface area contributed by atoms with Crippen molar-refractivity contribution < 1.29 is 14.3 Å². The first kappa shape index (κ1) is 17.9. The number of carbonyl (C=O) groups is 1. The highest BCUT2D eigenvalue weighted by Crippen LogP contribution is 2.33. The zero-order valence-corrected chi connectivity index (χ0v) is 15.2. The molecule has 1 fully saturated rings. The van der Waals surface area contributed by atoms with Gasteiger partial charge in [0.2, 0.25) is 0 Å². The number of Topliss-reactive ketones (excluding diaryl/α,β-unsaturated/α-hetero) is 1. The van der Waals surface area contributed by atoms with Gasteiger partial charge in [0.15, 0.2) is 5.82 Å². The molecule has 0 atom stereocenters. The summed E-state index contributed by atoms with van der Waals surface area (Å²) in [6.07, 6.45) is 5.32. The molecule has 0 aliphatic heterocycles. The molecule has 3 aromatic rings. The Labute approximate surface area is 160 Å². The minimum atomic E-state index is -0.915. The number of hydrogen-bond acceptors (Lipinski definition) is 5. The van der Waals surface area contributed by atoms with Crippen LogP contribution in [0.2, 0.25) is 5.02 Å². The molecule has 1 aliphatic rings. The van der Waals surface area contributed by atoms with E-state index in [0.29, 0.717) is 43.6 Å². The molecule has 0 bridgehead atoms. The average Bonchev–Trinajstić information content (AvgIpc) is 3.05. The van der Waals surface area contributed by atoms with Crippen LogP contribution in [0.5, 0.6) is 0 Å². The van der Waals surface area contributed by atoms with Crippen molar-refractivity contribution in [1.29, 1.82) is 0 Å². The molecule has 0 radical (unpaired) electrons. The van der Waals surface area contributed by atoms with Crippen LogP contribution >= 0.6 is 11.6 Å². The van der Waals surface area contributed by atoms with Gasteiger partial charge in [0.25, 0.3) is 0 Å². The van der Waals surface area contributed by atoms with Crippen LogP contribution in [0.3, 0.4) is 0 Å². The molecule has 140 valence electrons. The van der Waals surface area contributed by atoms with E-state index in [1.54, 1.807) is 16.8 Å². The molecule has 6 nitrogen and oxygen atoms in total. The maximum absolute atomic E-state index is 13.4. The normalized spacial score (nSPS) is 16.6. The number of aliphatic hydroxyl groups is 1. The quantitative estimate of drug-likeness (QED) is 0.712. The van der Waals surface area contributed by atoms with E-state index in [9.17, 15) is 14.3 Å². The second-order valence-corrected chi connectivity index (χ2v) is 7.34. The van der Waals surface area contributed by atoms with Crippen molar-refractivity contribution in [3.05, 3.63) is 53.2 Å². The Balaban J connectivity index is 1.67. The topological polar surface area (TPSA) is 79.5 Å². The first-order valence-electron chi connectivity index (χ1n) is 8.71. The molecule has 2 aromatic heterocycles. The molecule has 1 aromatic carbocycles. The molecule has 2 heterocycles. The monoisotopic (exact) mass is 388 g/mol. The summed E-state index contributed by atoms with van der Waals surface area (Å²) in [6.45, 7) is 0. The highest BCUT2D eigenvalue weighted by Gasteiger charge is 2.33. The van der Waals surface area contributed by atoms with Gasteiger partial charge in [0.1, 0.15) is 23.4 Å². The van der Waals surface area contributed by atoms with Crippen LogP contribution in [0.15, 0.2) is 36.8 Å². The predicted molar refractivity (Wildman–Crippen MR) is 99.8 cm³/mol. The van der Waals surface area contributed by atoms with Gasteiger partial charge in [-0.25, -0.2) is 13.9 Å². The summed E-state index contributed by atoms with van der Waals surface area (Å²) in [7, 11) is 0. The minimum Gasteiger partial charge on any atom is -0.390 e. The third-order valence-corrected chi connectivity index (χ3v) is 5.27. The number of hydrogen-bond donors (Lipinski definition) is 2. The van der Waals surface area contributed by atoms with Gasteiger partial charge in [-0.05, 0) is 42.7 Å². The maximum atomic E-state index is 13.4. The second-order valence-electron chi connectivity index (χ2n) is 6.94. The fourth-order valence-electron chi connectivity index (χ4n) is 3.49. The molecule has 1 saturated carbocycles. The van der Waals surface area contributed by atoms with E-state index in [1.165, 1.54) is 18.5 Å². The first-order chi connectivity index (χ1) is 12.9. The Morgan fingerprint density at radius 1 is 1.30 bits per heavy atom. The van der Waals surface area contributed by atoms with Crippen molar-refractivity contribution in [3.63, 3.8) is 0 Å². The van der Waals surface area contributed by atoms with Crippen LogP contribution in [0, 0.1) is 5.82 Å². The van der Waals surface area contributed by atoms with Crippen molar-refractivity contribution in [2.24, 2.45) is 0 Å². The Bertz CT molecular complexity index is 1010. The van der Waals surface area contributed by atoms with Gasteiger partial charge in [-0.2, -0.15) is 5.10 Å². The van der Waals surface area contributed by atoms with E-state index in [1.807, 2.05) is 6.07 Å². The standard InChI is InChI=1S/C19H18ClFN4O2/c20-15-9-13(1-2-16(15)21)24-18-17-12(5-8-25(17)23-11-22-18)10-19(27)6-3-14(26)4-7-19/h1-2,5,8-9,11,27H,3-4,6-7,10H2,(H,22,23,24). The molecule has 0 amide bonds. The van der Waals surface area contributed by atoms with Crippen molar-refractivity contribution >= 4 is 34.4 Å². The summed E-state index contributed by atoms with van der Waals surface area (Å²) in [6, 6.07) is 6.23. The Morgan fingerprint density at radius 3 is 2.81 bits per heavy atom. The number of nitrogens with one attached hydrogen (secondary N) is 1. The molecule has 4 rings (SSSR count). The summed E-state index contributed by atoms with van der Waals surface area (Å²) in [4.78, 5) is 15.8. The van der Waals surface area contributed by atoms with Crippen LogP contribution in [-0.4, -0.2) is 31.1 Å². The lowest BCUT2D eigenvalue weighted by Crippen LogP contribution is -2.36. The van der Waals surface area contributed by atoms with Crippen LogP contribution in [-0.2, 0) is 11.2 Å². The number of carbonyl (C=O) groups excluding carboxylic acids is 1. The molecule has 2 N–H and O–H groups in total. The zero-order valence-electron chi connectivity index (χ0n) is 14.5. The van der Waals surface area contributed by atoms with E-state index in [-0.39, 0.29) is 10.8 Å². The van der Waals surface area contributed by atoms with E-state index < -0.39 is 11.4 Å². The van der Waals surface area contributed by atoms with Crippen molar-refractivity contribution in [1.82, 2.24) is 14.6 Å². The van der Waals surface area contributed by atoms with E-state index in [2.05, 4.69) is 15.4 Å². The van der Waals surface area contributed by atoms with Crippen molar-refractivity contribution in [3.8, 4) is 0 Å². The lowest BCUT2D eigenvalue weighted by atomic mass is 9.80. The predicted octanol–water partition coefficient (Wildman–Crippen LogP) is 3.68. The van der Waals surface area contributed by atoms with Gasteiger partial charge in [-0.1, -0.05) is 11.6 Å². The van der Waals surface area contributed by atoms with Crippen LogP contribution in [0.1, 0.15) is 31.2 Å². The lowest BCUT2D eigenvalue weighted by Gasteiger charge is -2.31. The number of benzene rings is 1. The molecule has 0 saturated heterocycles. The van der Waals surface area contributed by atoms with Gasteiger partial charge < -0.3 is 10.4 Å². The minimum absolute atomic E-state index is 0.0156. The summed E-state index contributed by atoms with van der Waals surface area (Å²) in [5.74, 6) is 0.232. The molecular weight excluding hydrogens is 371 g/mol. The van der Waals surface area contributed by atoms with Gasteiger partial charge in [0.05, 0.1) is 10.6 Å². The van der Waals surface area contributed by atoms with Gasteiger partial charge in [-0.15, -0.1) is 0 Å². The number of aromatic nitrogens is 3. The fraction of sp³-hybridized carbons (Fsp3) is 0.316. The molecular formula is C19H18ClFN4O2. The third kappa shape index (κ3) is 3.65. The van der Waals surface area contributed by atoms with Gasteiger partial charge in [-0.3, -0.25) is 4.79 Å². The van der Waals surface area contributed by atoms with Gasteiger partial charge in [0, 0.05) is 31.1 Å². The van der Waals surface area contributed by atoms with E-state index in [4.69, 9.17) is 11.6 Å². The van der Waals surface area contributed by atoms with Crippen molar-refractivity contribution in [2.75, 3.05) is 5.32 Å². The SMILES string of the molecule is O=C1CCC(O)(Cc2ccn3ncnc(Nc4ccc(F)c(Cl)c4)c23)CC1. The average molecular weight is 389 g/mol. The third-order valence-electron chi connectivity index (χ3n) is 4.98. The fourth-order valence-corrected chi connectivity index (χ4v) is 3.67. The maximum Gasteiger partial charge on any atom is 0.158 e. The molecule has 0 spiro atoms. The molecule has 27 heavy (non-hydrogen) atoms. The zero-order chi connectivity index (χ0) is 19.0. The number of halogens is 2. The van der Waals surface area contributed by atoms with Crippen LogP contribution < -0.4 is 5.32 Å². The Morgan fingerprint density at radius 2 is 2.07 bits per heavy atom. The number of fused-ring (bicyclic) bond motifs is 1. The lowest BCUT2D eigenvalue weighted by molar-refractivity contribution is -0.125. The van der Waals surface area contributed by atoms with E-state index in [0.717, 1.165) is 11.1 Å². The second kappa shape index (κ2) is 6.90. The summed E-state index contributed by atoms with van der Waals surface area (Å²) in [5.41, 5.74) is 1.28. The molecule has 0 unspecified atom stereocenters. The Hall–Kier alpha value is -2.51. The highest BCUT2D eigenvalue weighted by atomic mass is 35.5. The summed E-state index contributed by atoms with van der Waals surface area (Å²) in [5, 5.41) is 18.2. The summed E-state index contributed by atoms with van der Waals surface area (Å²) < 4.78 is 15.1. The number of anilines is 2. The number of ketones is 1. The molecule has 1 aliphatic carbocycles. The van der Waals surface area contributed by atoms with Crippen LogP contribution in [0.4, 0.5) is 15.9 Å².